The number of amides is 1. The highest BCUT2D eigenvalue weighted by molar-refractivity contribution is 5.79. The first kappa shape index (κ1) is 17.4. The molecule has 1 aliphatic rings. The van der Waals surface area contributed by atoms with Gasteiger partial charge in [0.25, 0.3) is 5.89 Å². The van der Waals surface area contributed by atoms with Crippen molar-refractivity contribution in [1.82, 2.24) is 20.4 Å². The van der Waals surface area contributed by atoms with Gasteiger partial charge in [-0.3, -0.25) is 4.79 Å². The molecule has 0 radical (unpaired) electrons. The Morgan fingerprint density at radius 3 is 2.88 bits per heavy atom. The molecule has 1 amide bonds. The van der Waals surface area contributed by atoms with Gasteiger partial charge < -0.3 is 19.8 Å². The van der Waals surface area contributed by atoms with Crippen LogP contribution in [0, 0.1) is 17.6 Å². The van der Waals surface area contributed by atoms with Crippen LogP contribution in [0.2, 0.25) is 0 Å². The summed E-state index contributed by atoms with van der Waals surface area (Å²) in [5, 5.41) is 16.2. The average Bonchev–Trinajstić information content (AvgIpc) is 3.03. The van der Waals surface area contributed by atoms with E-state index in [4.69, 9.17) is 4.52 Å². The number of aromatic nitrogens is 2. The molecule has 1 saturated heterocycles. The second-order valence-corrected chi connectivity index (χ2v) is 6.05. The van der Waals surface area contributed by atoms with Crippen molar-refractivity contribution in [2.24, 2.45) is 5.92 Å². The predicted octanol–water partition coefficient (Wildman–Crippen LogP) is 0.944. The highest BCUT2D eigenvalue weighted by Crippen LogP contribution is 2.24. The Hall–Kier alpha value is -2.39. The fraction of sp³-hybridized carbons (Fsp3) is 0.438. The van der Waals surface area contributed by atoms with E-state index in [-0.39, 0.29) is 24.2 Å². The van der Waals surface area contributed by atoms with E-state index in [9.17, 15) is 18.7 Å². The summed E-state index contributed by atoms with van der Waals surface area (Å²) in [5.74, 6) is -2.71. The Labute approximate surface area is 142 Å². The first-order valence-corrected chi connectivity index (χ1v) is 7.87. The summed E-state index contributed by atoms with van der Waals surface area (Å²) in [6.45, 7) is 1.11. The van der Waals surface area contributed by atoms with Crippen LogP contribution in [0.1, 0.15) is 12.2 Å². The number of aliphatic hydroxyl groups is 1. The van der Waals surface area contributed by atoms with E-state index < -0.39 is 29.2 Å². The lowest BCUT2D eigenvalue weighted by molar-refractivity contribution is -0.131. The minimum absolute atomic E-state index is 0.0641. The third kappa shape index (κ3) is 3.83. The molecular formula is C16H18F2N4O3. The van der Waals surface area contributed by atoms with Crippen molar-refractivity contribution in [2.45, 2.75) is 19.1 Å². The molecule has 2 heterocycles. The maximum absolute atomic E-state index is 13.7. The largest absolute Gasteiger partial charge is 0.392 e. The van der Waals surface area contributed by atoms with Gasteiger partial charge in [-0.2, -0.15) is 4.98 Å². The molecule has 25 heavy (non-hydrogen) atoms. The highest BCUT2D eigenvalue weighted by Gasteiger charge is 2.31. The molecule has 134 valence electrons. The van der Waals surface area contributed by atoms with Crippen LogP contribution in [0.25, 0.3) is 11.5 Å². The van der Waals surface area contributed by atoms with Crippen LogP contribution in [0.4, 0.5) is 8.78 Å². The first-order chi connectivity index (χ1) is 12.0. The molecule has 7 nitrogen and oxygen atoms in total. The SMILES string of the molecule is CN1CC[C@@H](O)[C@H](C(=O)NCc2noc(-c3c(F)cccc3F)n2)C1. The smallest absolute Gasteiger partial charge is 0.263 e. The molecule has 1 aliphatic heterocycles. The molecule has 0 aliphatic carbocycles. The third-order valence-corrected chi connectivity index (χ3v) is 4.18. The van der Waals surface area contributed by atoms with Gasteiger partial charge in [-0.15, -0.1) is 0 Å². The Kier molecular flexibility index (Phi) is 5.05. The predicted molar refractivity (Wildman–Crippen MR) is 83.1 cm³/mol. The number of nitrogens with zero attached hydrogens (tertiary/aromatic N) is 3. The number of benzene rings is 1. The molecule has 1 aromatic carbocycles. The molecule has 3 rings (SSSR count). The van der Waals surface area contributed by atoms with Crippen molar-refractivity contribution in [3.05, 3.63) is 35.7 Å². The maximum Gasteiger partial charge on any atom is 0.263 e. The quantitative estimate of drug-likeness (QED) is 0.851. The van der Waals surface area contributed by atoms with Crippen LogP contribution >= 0.6 is 0 Å². The standard InChI is InChI=1S/C16H18F2N4O3/c1-22-6-5-12(23)9(8-22)15(24)19-7-13-20-16(25-21-13)14-10(17)3-2-4-11(14)18/h2-4,9,12,23H,5-8H2,1H3,(H,19,24)/t9-,12-/m1/s1. The number of halogens is 2. The highest BCUT2D eigenvalue weighted by atomic mass is 19.1. The van der Waals surface area contributed by atoms with Gasteiger partial charge >= 0.3 is 0 Å². The van der Waals surface area contributed by atoms with Crippen LogP contribution in [-0.2, 0) is 11.3 Å². The number of hydrogen-bond acceptors (Lipinski definition) is 6. The van der Waals surface area contributed by atoms with E-state index in [0.717, 1.165) is 18.7 Å². The fourth-order valence-electron chi connectivity index (χ4n) is 2.79. The van der Waals surface area contributed by atoms with Crippen molar-refractivity contribution < 1.29 is 23.2 Å². The normalized spacial score (nSPS) is 21.3. The van der Waals surface area contributed by atoms with Gasteiger partial charge in [0, 0.05) is 13.1 Å². The zero-order valence-electron chi connectivity index (χ0n) is 13.6. The van der Waals surface area contributed by atoms with Gasteiger partial charge in [0.15, 0.2) is 5.82 Å². The van der Waals surface area contributed by atoms with E-state index in [0.29, 0.717) is 13.0 Å². The summed E-state index contributed by atoms with van der Waals surface area (Å²) < 4.78 is 32.3. The summed E-state index contributed by atoms with van der Waals surface area (Å²) in [7, 11) is 1.88. The number of likely N-dealkylation sites (tertiary alicyclic amines) is 1. The lowest BCUT2D eigenvalue weighted by atomic mass is 9.94. The summed E-state index contributed by atoms with van der Waals surface area (Å²) in [6, 6.07) is 3.41. The molecule has 0 unspecified atom stereocenters. The molecule has 2 atom stereocenters. The Bertz CT molecular complexity index is 747. The number of hydrogen-bond donors (Lipinski definition) is 2. The van der Waals surface area contributed by atoms with Gasteiger partial charge in [0.2, 0.25) is 5.91 Å². The number of piperidine rings is 1. The van der Waals surface area contributed by atoms with Crippen molar-refractivity contribution in [3.63, 3.8) is 0 Å². The number of aliphatic hydroxyl groups excluding tert-OH is 1. The number of carbonyl (C=O) groups excluding carboxylic acids is 1. The second kappa shape index (κ2) is 7.24. The van der Waals surface area contributed by atoms with Crippen LogP contribution in [0.3, 0.4) is 0 Å². The van der Waals surface area contributed by atoms with E-state index in [1.165, 1.54) is 6.07 Å². The van der Waals surface area contributed by atoms with Crippen LogP contribution in [-0.4, -0.2) is 52.3 Å². The average molecular weight is 352 g/mol. The van der Waals surface area contributed by atoms with Crippen molar-refractivity contribution >= 4 is 5.91 Å². The Morgan fingerprint density at radius 1 is 1.44 bits per heavy atom. The summed E-state index contributed by atoms with van der Waals surface area (Å²) in [5.41, 5.74) is -0.406. The van der Waals surface area contributed by atoms with Crippen LogP contribution < -0.4 is 5.32 Å². The van der Waals surface area contributed by atoms with E-state index in [1.807, 2.05) is 11.9 Å². The monoisotopic (exact) mass is 352 g/mol. The topological polar surface area (TPSA) is 91.5 Å². The van der Waals surface area contributed by atoms with Crippen LogP contribution in [0.5, 0.6) is 0 Å². The Morgan fingerprint density at radius 2 is 2.16 bits per heavy atom. The van der Waals surface area contributed by atoms with Crippen molar-refractivity contribution in [1.29, 1.82) is 0 Å². The van der Waals surface area contributed by atoms with Gasteiger partial charge in [-0.1, -0.05) is 11.2 Å². The number of carbonyl (C=O) groups is 1. The van der Waals surface area contributed by atoms with Gasteiger partial charge in [-0.05, 0) is 25.6 Å². The zero-order valence-corrected chi connectivity index (χ0v) is 13.6. The maximum atomic E-state index is 13.7. The van der Waals surface area contributed by atoms with Crippen LogP contribution in [0.15, 0.2) is 22.7 Å². The zero-order chi connectivity index (χ0) is 18.0. The number of rotatable bonds is 4. The molecule has 2 aromatic rings. The molecule has 0 bridgehead atoms. The van der Waals surface area contributed by atoms with Crippen molar-refractivity contribution in [2.75, 3.05) is 20.1 Å². The summed E-state index contributed by atoms with van der Waals surface area (Å²) >= 11 is 0. The summed E-state index contributed by atoms with van der Waals surface area (Å²) in [6.07, 6.45) is -0.183. The minimum atomic E-state index is -0.812. The molecule has 1 fully saturated rings. The molecular weight excluding hydrogens is 334 g/mol. The number of nitrogens with one attached hydrogen (secondary N) is 1. The minimum Gasteiger partial charge on any atom is -0.392 e. The van der Waals surface area contributed by atoms with Gasteiger partial charge in [0.05, 0.1) is 18.6 Å². The summed E-state index contributed by atoms with van der Waals surface area (Å²) in [4.78, 5) is 18.1. The van der Waals surface area contributed by atoms with E-state index >= 15 is 0 Å². The van der Waals surface area contributed by atoms with E-state index in [1.54, 1.807) is 0 Å². The molecule has 1 aromatic heterocycles. The lowest BCUT2D eigenvalue weighted by Crippen LogP contribution is -2.48. The van der Waals surface area contributed by atoms with Crippen molar-refractivity contribution in [3.8, 4) is 11.5 Å². The van der Waals surface area contributed by atoms with Gasteiger partial charge in [0.1, 0.15) is 17.2 Å². The first-order valence-electron chi connectivity index (χ1n) is 7.87. The van der Waals surface area contributed by atoms with E-state index in [2.05, 4.69) is 15.5 Å². The second-order valence-electron chi connectivity index (χ2n) is 6.05. The fourth-order valence-corrected chi connectivity index (χ4v) is 2.79. The molecule has 0 spiro atoms. The lowest BCUT2D eigenvalue weighted by Gasteiger charge is -2.32. The van der Waals surface area contributed by atoms with Gasteiger partial charge in [-0.25, -0.2) is 8.78 Å². The third-order valence-electron chi connectivity index (χ3n) is 4.18. The Balaban J connectivity index is 1.65. The molecule has 9 heteroatoms. The molecule has 0 saturated carbocycles. The molecule has 2 N–H and O–H groups in total.